The van der Waals surface area contributed by atoms with Crippen molar-refractivity contribution in [2.24, 2.45) is 5.92 Å². The summed E-state index contributed by atoms with van der Waals surface area (Å²) >= 11 is 0. The highest BCUT2D eigenvalue weighted by molar-refractivity contribution is 5.69. The Bertz CT molecular complexity index is 862. The second-order valence-electron chi connectivity index (χ2n) is 8.32. The zero-order valence-electron chi connectivity index (χ0n) is 17.3. The maximum Gasteiger partial charge on any atom is 0.410 e. The maximum absolute atomic E-state index is 13.4. The van der Waals surface area contributed by atoms with Crippen LogP contribution in [0.2, 0.25) is 0 Å². The fraction of sp³-hybridized carbons (Fsp3) is 0.400. The first-order chi connectivity index (χ1) is 14.6. The van der Waals surface area contributed by atoms with E-state index in [0.717, 1.165) is 38.0 Å². The first-order valence-electron chi connectivity index (χ1n) is 10.7. The Hall–Kier alpha value is -2.82. The van der Waals surface area contributed by atoms with Gasteiger partial charge in [0.15, 0.2) is 0 Å². The van der Waals surface area contributed by atoms with Gasteiger partial charge in [0.05, 0.1) is 0 Å². The van der Waals surface area contributed by atoms with Crippen molar-refractivity contribution in [2.75, 3.05) is 31.1 Å². The lowest BCUT2D eigenvalue weighted by Gasteiger charge is -2.43. The highest BCUT2D eigenvalue weighted by Gasteiger charge is 2.41. The number of cyclic esters (lactones) is 1. The molecule has 2 aliphatic rings. The van der Waals surface area contributed by atoms with Gasteiger partial charge >= 0.3 is 6.09 Å². The van der Waals surface area contributed by atoms with Crippen molar-refractivity contribution in [2.45, 2.75) is 31.3 Å². The van der Waals surface area contributed by atoms with Crippen LogP contribution in [0.3, 0.4) is 0 Å². The van der Waals surface area contributed by atoms with E-state index in [-0.39, 0.29) is 11.9 Å². The van der Waals surface area contributed by atoms with Crippen LogP contribution in [0.15, 0.2) is 67.3 Å². The van der Waals surface area contributed by atoms with Crippen LogP contribution in [0.4, 0.5) is 14.9 Å². The molecule has 30 heavy (non-hydrogen) atoms. The predicted octanol–water partition coefficient (Wildman–Crippen LogP) is 5.36. The minimum Gasteiger partial charge on any atom is -0.437 e. The lowest BCUT2D eigenvalue weighted by molar-refractivity contribution is -0.0542. The number of rotatable bonds is 6. The van der Waals surface area contributed by atoms with Gasteiger partial charge in [0.25, 0.3) is 0 Å². The number of piperidine rings is 1. The average Bonchev–Trinajstić information content (AvgIpc) is 2.77. The van der Waals surface area contributed by atoms with Crippen molar-refractivity contribution in [3.8, 4) is 0 Å². The summed E-state index contributed by atoms with van der Waals surface area (Å²) in [6.07, 6.45) is 4.82. The number of amides is 1. The van der Waals surface area contributed by atoms with Gasteiger partial charge in [0, 0.05) is 44.7 Å². The highest BCUT2D eigenvalue weighted by atomic mass is 19.1. The molecule has 0 aromatic heterocycles. The Morgan fingerprint density at radius 1 is 1.07 bits per heavy atom. The van der Waals surface area contributed by atoms with Crippen LogP contribution < -0.4 is 4.90 Å². The number of carbonyl (C=O) groups is 1. The zero-order chi connectivity index (χ0) is 21.0. The topological polar surface area (TPSA) is 32.8 Å². The smallest absolute Gasteiger partial charge is 0.410 e. The van der Waals surface area contributed by atoms with Crippen molar-refractivity contribution in [3.63, 3.8) is 0 Å². The van der Waals surface area contributed by atoms with Crippen LogP contribution >= 0.6 is 0 Å². The van der Waals surface area contributed by atoms with E-state index in [2.05, 4.69) is 35.7 Å². The third-order valence-electron chi connectivity index (χ3n) is 6.39. The standard InChI is InChI=1S/C25H29FN2O2/c1-2-14-25(21-8-10-22(26)11-9-21)15-18-28(24(29)30-25)19-20-12-16-27(17-13-20)23-6-4-3-5-7-23/h2-11,20H,1,12-19H2/t25-/m1/s1. The Labute approximate surface area is 177 Å². The van der Waals surface area contributed by atoms with E-state index < -0.39 is 5.60 Å². The molecule has 0 N–H and O–H groups in total. The number of halogens is 1. The summed E-state index contributed by atoms with van der Waals surface area (Å²) in [6, 6.07) is 16.7. The van der Waals surface area contributed by atoms with Crippen molar-refractivity contribution < 1.29 is 13.9 Å². The third kappa shape index (κ3) is 4.35. The summed E-state index contributed by atoms with van der Waals surface area (Å²) in [5.74, 6) is 0.188. The molecule has 0 saturated carbocycles. The number of carbonyl (C=O) groups excluding carboxylic acids is 1. The molecule has 0 bridgehead atoms. The molecule has 0 unspecified atom stereocenters. The first kappa shape index (κ1) is 20.5. The number of ether oxygens (including phenoxy) is 1. The molecule has 2 aromatic carbocycles. The van der Waals surface area contributed by atoms with Gasteiger partial charge in [-0.05, 0) is 48.6 Å². The molecule has 2 aliphatic heterocycles. The van der Waals surface area contributed by atoms with Gasteiger partial charge in [0.2, 0.25) is 0 Å². The van der Waals surface area contributed by atoms with Gasteiger partial charge in [-0.25, -0.2) is 9.18 Å². The van der Waals surface area contributed by atoms with Crippen molar-refractivity contribution in [1.82, 2.24) is 4.90 Å². The fourth-order valence-corrected chi connectivity index (χ4v) is 4.63. The second kappa shape index (κ2) is 8.90. The van der Waals surface area contributed by atoms with E-state index in [1.165, 1.54) is 17.8 Å². The quantitative estimate of drug-likeness (QED) is 0.604. The van der Waals surface area contributed by atoms with E-state index >= 15 is 0 Å². The third-order valence-corrected chi connectivity index (χ3v) is 6.39. The largest absolute Gasteiger partial charge is 0.437 e. The van der Waals surface area contributed by atoms with E-state index in [9.17, 15) is 9.18 Å². The van der Waals surface area contributed by atoms with E-state index in [1.807, 2.05) is 11.0 Å². The number of nitrogens with zero attached hydrogens (tertiary/aromatic N) is 2. The second-order valence-corrected chi connectivity index (χ2v) is 8.32. The average molecular weight is 409 g/mol. The fourth-order valence-electron chi connectivity index (χ4n) is 4.63. The summed E-state index contributed by atoms with van der Waals surface area (Å²) in [5.41, 5.74) is 1.34. The molecule has 5 heteroatoms. The minimum atomic E-state index is -0.750. The van der Waals surface area contributed by atoms with E-state index in [0.29, 0.717) is 25.3 Å². The Balaban J connectivity index is 1.36. The summed E-state index contributed by atoms with van der Waals surface area (Å²) in [7, 11) is 0. The molecular formula is C25H29FN2O2. The normalized spacial score (nSPS) is 22.6. The summed E-state index contributed by atoms with van der Waals surface area (Å²) < 4.78 is 19.3. The summed E-state index contributed by atoms with van der Waals surface area (Å²) in [5, 5.41) is 0. The van der Waals surface area contributed by atoms with Gasteiger partial charge in [-0.2, -0.15) is 0 Å². The Morgan fingerprint density at radius 2 is 1.77 bits per heavy atom. The van der Waals surface area contributed by atoms with Gasteiger partial charge < -0.3 is 14.5 Å². The van der Waals surface area contributed by atoms with Crippen LogP contribution in [0.25, 0.3) is 0 Å². The number of benzene rings is 2. The number of para-hydroxylation sites is 1. The molecule has 2 saturated heterocycles. The SMILES string of the molecule is C=CC[C@]1(c2ccc(F)cc2)CCN(CC2CCN(c3ccccc3)CC2)C(=O)O1. The molecular weight excluding hydrogens is 379 g/mol. The molecule has 2 aromatic rings. The molecule has 0 spiro atoms. The van der Waals surface area contributed by atoms with Crippen LogP contribution in [-0.4, -0.2) is 37.2 Å². The van der Waals surface area contributed by atoms with Crippen LogP contribution in [0.5, 0.6) is 0 Å². The Kier molecular flexibility index (Phi) is 6.07. The van der Waals surface area contributed by atoms with Gasteiger partial charge in [-0.1, -0.05) is 36.4 Å². The predicted molar refractivity (Wildman–Crippen MR) is 117 cm³/mol. The maximum atomic E-state index is 13.4. The molecule has 1 atom stereocenters. The van der Waals surface area contributed by atoms with Gasteiger partial charge in [-0.3, -0.25) is 0 Å². The van der Waals surface area contributed by atoms with Crippen molar-refractivity contribution in [1.29, 1.82) is 0 Å². The monoisotopic (exact) mass is 408 g/mol. The van der Waals surface area contributed by atoms with Crippen LogP contribution in [0.1, 0.15) is 31.2 Å². The van der Waals surface area contributed by atoms with Crippen molar-refractivity contribution >= 4 is 11.8 Å². The molecule has 158 valence electrons. The summed E-state index contributed by atoms with van der Waals surface area (Å²) in [4.78, 5) is 17.1. The molecule has 0 radical (unpaired) electrons. The molecule has 4 rings (SSSR count). The number of anilines is 1. The number of hydrogen-bond donors (Lipinski definition) is 0. The van der Waals surface area contributed by atoms with Crippen LogP contribution in [0, 0.1) is 11.7 Å². The number of hydrogen-bond acceptors (Lipinski definition) is 3. The molecule has 0 aliphatic carbocycles. The van der Waals surface area contributed by atoms with E-state index in [1.54, 1.807) is 18.2 Å². The van der Waals surface area contributed by atoms with Crippen molar-refractivity contribution in [3.05, 3.63) is 78.6 Å². The lowest BCUT2D eigenvalue weighted by Crippen LogP contribution is -2.50. The molecule has 1 amide bonds. The van der Waals surface area contributed by atoms with Gasteiger partial charge in [-0.15, -0.1) is 6.58 Å². The summed E-state index contributed by atoms with van der Waals surface area (Å²) in [6.45, 7) is 7.22. The van der Waals surface area contributed by atoms with E-state index in [4.69, 9.17) is 4.74 Å². The molecule has 2 heterocycles. The molecule has 2 fully saturated rings. The first-order valence-corrected chi connectivity index (χ1v) is 10.7. The zero-order valence-corrected chi connectivity index (χ0v) is 17.3. The lowest BCUT2D eigenvalue weighted by atomic mass is 9.85. The Morgan fingerprint density at radius 3 is 2.40 bits per heavy atom. The molecule has 4 nitrogen and oxygen atoms in total. The van der Waals surface area contributed by atoms with Gasteiger partial charge in [0.1, 0.15) is 11.4 Å². The highest BCUT2D eigenvalue weighted by Crippen LogP contribution is 2.38. The van der Waals surface area contributed by atoms with Crippen LogP contribution in [-0.2, 0) is 10.3 Å². The minimum absolute atomic E-state index is 0.280.